The number of para-hydroxylation sites is 1. The number of anilines is 4. The van der Waals surface area contributed by atoms with Crippen LogP contribution in [0.25, 0.3) is 10.4 Å². The summed E-state index contributed by atoms with van der Waals surface area (Å²) < 4.78 is 32.6. The Morgan fingerprint density at radius 2 is 1.67 bits per heavy atom. The first-order valence-corrected chi connectivity index (χ1v) is 27.9. The number of nitrogens with one attached hydrogen (secondary N) is 4. The van der Waals surface area contributed by atoms with Gasteiger partial charge in [-0.15, -0.1) is 11.3 Å². The van der Waals surface area contributed by atoms with Crippen LogP contribution in [0.2, 0.25) is 5.02 Å². The van der Waals surface area contributed by atoms with Gasteiger partial charge in [0.25, 0.3) is 0 Å². The number of amides is 3. The van der Waals surface area contributed by atoms with Gasteiger partial charge in [-0.3, -0.25) is 14.4 Å². The number of hydrogen-bond donors (Lipinski definition) is 5. The zero-order valence-electron chi connectivity index (χ0n) is 43.3. The number of aliphatic hydroxyl groups is 1. The number of carbonyl (C=O) groups is 3. The van der Waals surface area contributed by atoms with E-state index in [1.807, 2.05) is 82.3 Å². The number of thiazole rings is 1. The second-order valence-corrected chi connectivity index (χ2v) is 24.4. The molecule has 0 unspecified atom stereocenters. The Balaban J connectivity index is 0.918. The molecule has 2 aromatic heterocycles. The van der Waals surface area contributed by atoms with E-state index in [0.29, 0.717) is 56.1 Å². The maximum absolute atomic E-state index is 14.2. The summed E-state index contributed by atoms with van der Waals surface area (Å²) in [5.74, 6) is 0.792. The van der Waals surface area contributed by atoms with E-state index in [-0.39, 0.29) is 64.4 Å². The number of aliphatic hydroxyl groups excluding tert-OH is 1. The van der Waals surface area contributed by atoms with Gasteiger partial charge in [0.05, 0.1) is 62.0 Å². The van der Waals surface area contributed by atoms with Gasteiger partial charge < -0.3 is 40.9 Å². The van der Waals surface area contributed by atoms with Crippen molar-refractivity contribution >= 4 is 73.6 Å². The Labute approximate surface area is 439 Å². The molecule has 0 saturated carbocycles. The fraction of sp³-hybridized carbons (Fsp3) is 0.481. The highest BCUT2D eigenvalue weighted by Crippen LogP contribution is 2.39. The third-order valence-electron chi connectivity index (χ3n) is 13.4. The topological polar surface area (TPSA) is 208 Å². The number of carbonyl (C=O) groups excluding carboxylic acids is 3. The average molecular weight is 1060 g/mol. The molecule has 2 aliphatic heterocycles. The van der Waals surface area contributed by atoms with Gasteiger partial charge >= 0.3 is 0 Å². The fourth-order valence-electron chi connectivity index (χ4n) is 9.41. The molecule has 0 bridgehead atoms. The standard InChI is InChI=1S/C54H70ClN9O7S2/c1-32(2)71-45-27-40(34(5)25-43(45)61-53-58-29-41(55)50(62-53)60-42-13-10-11-14-46(42)73(69,70)33(3)4)37-20-23-63(24-21-37)47(66)15-12-22-56-49(54(7,8)9)52(68)64-30-39(65)26-44(64)51(67)57-28-36-16-18-38(19-17-36)48-35(6)59-31-72-48/h10-11,13-14,16-19,25,27,29,31-33,37,39,44,49,56,65H,12,15,20-24,26,28,30H2,1-9H3,(H,57,67)(H2,58,60,61,62)/t39-,44+,49-/m1/s1. The molecule has 16 nitrogen and oxygen atoms in total. The lowest BCUT2D eigenvalue weighted by Crippen LogP contribution is -2.56. The van der Waals surface area contributed by atoms with Gasteiger partial charge in [0.15, 0.2) is 15.7 Å². The van der Waals surface area contributed by atoms with Crippen LogP contribution in [0.1, 0.15) is 109 Å². The number of aromatic nitrogens is 3. The molecule has 0 spiro atoms. The molecule has 3 atom stereocenters. The van der Waals surface area contributed by atoms with Crippen LogP contribution in [0.4, 0.5) is 23.1 Å². The number of halogens is 1. The van der Waals surface area contributed by atoms with E-state index in [9.17, 15) is 27.9 Å². The number of aryl methyl sites for hydroxylation is 2. The Morgan fingerprint density at radius 1 is 0.959 bits per heavy atom. The third-order valence-corrected chi connectivity index (χ3v) is 16.9. The molecule has 2 aliphatic rings. The van der Waals surface area contributed by atoms with Crippen molar-refractivity contribution in [3.05, 3.63) is 99.8 Å². The molecular formula is C54H70ClN9O7S2. The fourth-order valence-corrected chi connectivity index (χ4v) is 11.6. The molecule has 3 aromatic carbocycles. The number of ether oxygens (including phenoxy) is 1. The predicted molar refractivity (Wildman–Crippen MR) is 289 cm³/mol. The van der Waals surface area contributed by atoms with Crippen LogP contribution < -0.4 is 26.0 Å². The van der Waals surface area contributed by atoms with Gasteiger partial charge in [-0.2, -0.15) is 4.98 Å². The van der Waals surface area contributed by atoms with E-state index in [0.717, 1.165) is 45.7 Å². The van der Waals surface area contributed by atoms with Gasteiger partial charge in [-0.25, -0.2) is 18.4 Å². The quantitative estimate of drug-likeness (QED) is 0.0490. The molecule has 0 aliphatic carbocycles. The van der Waals surface area contributed by atoms with Crippen molar-refractivity contribution in [3.63, 3.8) is 0 Å². The number of piperidine rings is 1. The highest BCUT2D eigenvalue weighted by atomic mass is 35.5. The highest BCUT2D eigenvalue weighted by molar-refractivity contribution is 7.92. The van der Waals surface area contributed by atoms with E-state index in [4.69, 9.17) is 16.3 Å². The van der Waals surface area contributed by atoms with Crippen molar-refractivity contribution in [2.24, 2.45) is 5.41 Å². The van der Waals surface area contributed by atoms with Crippen LogP contribution in [-0.2, 0) is 30.8 Å². The summed E-state index contributed by atoms with van der Waals surface area (Å²) >= 11 is 8.12. The number of benzene rings is 3. The SMILES string of the molecule is Cc1cc(Nc2ncc(Cl)c(Nc3ccccc3S(=O)(=O)C(C)C)n2)c(OC(C)C)cc1C1CCN(C(=O)CCCN[C@H](C(=O)N2C[C@H](O)C[C@H]2C(=O)NCc2ccc(-c3scnc3C)cc2)C(C)(C)C)CC1. The van der Waals surface area contributed by atoms with E-state index in [1.165, 1.54) is 11.1 Å². The van der Waals surface area contributed by atoms with Crippen LogP contribution in [0.3, 0.4) is 0 Å². The minimum atomic E-state index is -3.60. The molecule has 19 heteroatoms. The number of β-amino-alcohol motifs (C(OH)–C–C–N with tert-alkyl or cyclic N) is 1. The Hall–Kier alpha value is -5.66. The summed E-state index contributed by atoms with van der Waals surface area (Å²) in [6.45, 7) is 19.1. The van der Waals surface area contributed by atoms with Gasteiger partial charge in [0.2, 0.25) is 23.7 Å². The van der Waals surface area contributed by atoms with Gasteiger partial charge in [0.1, 0.15) is 16.8 Å². The number of hydrogen-bond acceptors (Lipinski definition) is 14. The van der Waals surface area contributed by atoms with Crippen molar-refractivity contribution < 1.29 is 32.6 Å². The van der Waals surface area contributed by atoms with Crippen LogP contribution in [-0.4, -0.2) is 112 Å². The molecule has 0 radical (unpaired) electrons. The first-order valence-electron chi connectivity index (χ1n) is 25.1. The van der Waals surface area contributed by atoms with E-state index < -0.39 is 38.7 Å². The summed E-state index contributed by atoms with van der Waals surface area (Å²) in [5.41, 5.74) is 7.45. The normalized spacial score (nSPS) is 17.0. The van der Waals surface area contributed by atoms with Crippen molar-refractivity contribution in [3.8, 4) is 16.2 Å². The Kier molecular flexibility index (Phi) is 17.9. The summed E-state index contributed by atoms with van der Waals surface area (Å²) in [6.07, 6.45) is 3.06. The third kappa shape index (κ3) is 13.6. The van der Waals surface area contributed by atoms with E-state index in [1.54, 1.807) is 49.4 Å². The van der Waals surface area contributed by atoms with E-state index in [2.05, 4.69) is 49.2 Å². The minimum absolute atomic E-state index is 0.0635. The maximum atomic E-state index is 14.2. The van der Waals surface area contributed by atoms with Crippen molar-refractivity contribution in [2.45, 2.75) is 141 Å². The predicted octanol–water partition coefficient (Wildman–Crippen LogP) is 9.10. The van der Waals surface area contributed by atoms with E-state index >= 15 is 0 Å². The molecule has 7 rings (SSSR count). The first-order chi connectivity index (χ1) is 34.6. The lowest BCUT2D eigenvalue weighted by molar-refractivity contribution is -0.142. The summed E-state index contributed by atoms with van der Waals surface area (Å²) in [7, 11) is -3.60. The van der Waals surface area contributed by atoms with Gasteiger partial charge in [0, 0.05) is 39.0 Å². The molecule has 2 saturated heterocycles. The lowest BCUT2D eigenvalue weighted by atomic mass is 9.85. The van der Waals surface area contributed by atoms with Crippen molar-refractivity contribution in [1.29, 1.82) is 0 Å². The Bertz CT molecular complexity index is 2860. The molecule has 392 valence electrons. The molecule has 5 N–H and O–H groups in total. The number of likely N-dealkylation sites (tertiary alicyclic amines) is 2. The largest absolute Gasteiger partial charge is 0.489 e. The summed E-state index contributed by atoms with van der Waals surface area (Å²) in [4.78, 5) is 59.4. The van der Waals surface area contributed by atoms with Crippen LogP contribution >= 0.6 is 22.9 Å². The van der Waals surface area contributed by atoms with Crippen LogP contribution in [0, 0.1) is 19.3 Å². The molecule has 4 heterocycles. The summed E-state index contributed by atoms with van der Waals surface area (Å²) in [5, 5.41) is 23.1. The lowest BCUT2D eigenvalue weighted by Gasteiger charge is -2.36. The smallest absolute Gasteiger partial charge is 0.243 e. The molecular weight excluding hydrogens is 986 g/mol. The first kappa shape index (κ1) is 55.1. The Morgan fingerprint density at radius 3 is 2.33 bits per heavy atom. The van der Waals surface area contributed by atoms with Crippen molar-refractivity contribution in [2.75, 3.05) is 36.8 Å². The number of nitrogens with zero attached hydrogens (tertiary/aromatic N) is 5. The molecule has 3 amide bonds. The van der Waals surface area contributed by atoms with Crippen LogP contribution in [0.5, 0.6) is 5.75 Å². The van der Waals surface area contributed by atoms with Crippen molar-refractivity contribution in [1.82, 2.24) is 35.4 Å². The zero-order chi connectivity index (χ0) is 52.8. The summed E-state index contributed by atoms with van der Waals surface area (Å²) in [6, 6.07) is 17.2. The monoisotopic (exact) mass is 1060 g/mol. The van der Waals surface area contributed by atoms with Crippen LogP contribution in [0.15, 0.2) is 77.3 Å². The molecule has 2 fully saturated rings. The number of sulfone groups is 1. The second-order valence-electron chi connectivity index (χ2n) is 20.7. The number of rotatable bonds is 19. The maximum Gasteiger partial charge on any atom is 0.243 e. The molecule has 5 aromatic rings. The minimum Gasteiger partial charge on any atom is -0.489 e. The zero-order valence-corrected chi connectivity index (χ0v) is 45.7. The van der Waals surface area contributed by atoms with Gasteiger partial charge in [-0.05, 0) is 125 Å². The highest BCUT2D eigenvalue weighted by Gasteiger charge is 2.44. The average Bonchev–Trinajstić information content (AvgIpc) is 3.97. The van der Waals surface area contributed by atoms with Gasteiger partial charge in [-0.1, -0.05) is 68.8 Å². The second kappa shape index (κ2) is 23.7. The molecule has 73 heavy (non-hydrogen) atoms.